The molecule has 10 heteroatoms. The van der Waals surface area contributed by atoms with Gasteiger partial charge < -0.3 is 20.5 Å². The molecule has 3 rings (SSSR count). The Kier molecular flexibility index (Phi) is 8.38. The van der Waals surface area contributed by atoms with Crippen molar-refractivity contribution >= 4 is 46.1 Å². The van der Waals surface area contributed by atoms with Gasteiger partial charge in [-0.05, 0) is 42.3 Å². The van der Waals surface area contributed by atoms with Gasteiger partial charge in [-0.25, -0.2) is 0 Å². The lowest BCUT2D eigenvalue weighted by Gasteiger charge is -2.21. The summed E-state index contributed by atoms with van der Waals surface area (Å²) in [5, 5.41) is 22.1. The zero-order valence-electron chi connectivity index (χ0n) is 18.5. The van der Waals surface area contributed by atoms with Gasteiger partial charge in [-0.1, -0.05) is 29.8 Å². The summed E-state index contributed by atoms with van der Waals surface area (Å²) in [5.41, 5.74) is 0.897. The van der Waals surface area contributed by atoms with E-state index < -0.39 is 54.0 Å². The molecule has 1 heterocycles. The molecule has 0 aliphatic heterocycles. The molecule has 0 bridgehead atoms. The third-order valence-corrected chi connectivity index (χ3v) is 5.82. The Balaban J connectivity index is 1.92. The number of halogens is 1. The van der Waals surface area contributed by atoms with E-state index >= 15 is 0 Å². The van der Waals surface area contributed by atoms with Crippen molar-refractivity contribution in [1.29, 1.82) is 0 Å². The summed E-state index contributed by atoms with van der Waals surface area (Å²) < 4.78 is 0. The number of rotatable bonds is 11. The minimum absolute atomic E-state index is 0.0616. The van der Waals surface area contributed by atoms with E-state index in [0.29, 0.717) is 21.5 Å². The Morgan fingerprint density at radius 2 is 1.69 bits per heavy atom. The molecule has 35 heavy (non-hydrogen) atoms. The normalized spacial score (nSPS) is 12.6. The number of hydrogen-bond acceptors (Lipinski definition) is 5. The van der Waals surface area contributed by atoms with Crippen LogP contribution in [0.3, 0.4) is 0 Å². The standard InChI is InChI=1S/C25H23ClN2O7/c26-17-8-5-14(6-9-17)24(33)28-20(21(29)12-15(25(34)35)7-10-23(31)32)11-16-13-22(30)27-19-4-2-1-3-18(16)19/h1-6,8-9,13,15,20H,7,10-12H2,(H,27,30)(H,28,33)(H,31,32)(H,34,35). The van der Waals surface area contributed by atoms with Crippen LogP contribution in [0.4, 0.5) is 0 Å². The number of ketones is 1. The van der Waals surface area contributed by atoms with E-state index in [1.54, 1.807) is 24.3 Å². The number of Topliss-reactive ketones (excluding diaryl/α,β-unsaturated/α-hetero) is 1. The number of benzene rings is 2. The van der Waals surface area contributed by atoms with Crippen LogP contribution in [0.5, 0.6) is 0 Å². The van der Waals surface area contributed by atoms with E-state index in [1.165, 1.54) is 30.3 Å². The first-order valence-corrected chi connectivity index (χ1v) is 11.2. The van der Waals surface area contributed by atoms with Gasteiger partial charge in [0.25, 0.3) is 5.91 Å². The third kappa shape index (κ3) is 7.00. The number of carbonyl (C=O) groups excluding carboxylic acids is 2. The number of para-hydroxylation sites is 1. The molecule has 0 saturated heterocycles. The molecule has 0 spiro atoms. The second-order valence-electron chi connectivity index (χ2n) is 8.08. The Morgan fingerprint density at radius 3 is 2.34 bits per heavy atom. The largest absolute Gasteiger partial charge is 0.481 e. The Labute approximate surface area is 204 Å². The SMILES string of the molecule is O=C(O)CCC(CC(=O)C(Cc1cc(=O)[nH]c2ccccc12)NC(=O)c1ccc(Cl)cc1)C(=O)O. The molecule has 2 unspecified atom stereocenters. The number of pyridine rings is 1. The van der Waals surface area contributed by atoms with E-state index in [9.17, 15) is 29.1 Å². The number of carboxylic acid groups (broad SMARTS) is 2. The fourth-order valence-electron chi connectivity index (χ4n) is 3.75. The average Bonchev–Trinajstić information content (AvgIpc) is 2.81. The molecular weight excluding hydrogens is 476 g/mol. The first-order chi connectivity index (χ1) is 16.6. The number of aromatic nitrogens is 1. The van der Waals surface area contributed by atoms with Gasteiger partial charge in [-0.15, -0.1) is 0 Å². The van der Waals surface area contributed by atoms with Crippen molar-refractivity contribution in [3.05, 3.63) is 81.1 Å². The highest BCUT2D eigenvalue weighted by atomic mass is 35.5. The van der Waals surface area contributed by atoms with Gasteiger partial charge in [0.15, 0.2) is 5.78 Å². The second-order valence-corrected chi connectivity index (χ2v) is 8.52. The first kappa shape index (κ1) is 25.6. The highest BCUT2D eigenvalue weighted by Gasteiger charge is 2.29. The molecule has 4 N–H and O–H groups in total. The summed E-state index contributed by atoms with van der Waals surface area (Å²) in [5.74, 6) is -4.87. The second kappa shape index (κ2) is 11.4. The van der Waals surface area contributed by atoms with Crippen molar-refractivity contribution in [2.75, 3.05) is 0 Å². The maximum atomic E-state index is 13.2. The van der Waals surface area contributed by atoms with Crippen LogP contribution < -0.4 is 10.9 Å². The number of carboxylic acids is 2. The van der Waals surface area contributed by atoms with Crippen LogP contribution in [-0.2, 0) is 20.8 Å². The Morgan fingerprint density at radius 1 is 1.00 bits per heavy atom. The molecule has 3 aromatic rings. The minimum atomic E-state index is -1.30. The van der Waals surface area contributed by atoms with Crippen LogP contribution in [0, 0.1) is 5.92 Å². The zero-order chi connectivity index (χ0) is 25.5. The molecule has 1 aromatic heterocycles. The van der Waals surface area contributed by atoms with Gasteiger partial charge in [0.05, 0.1) is 12.0 Å². The van der Waals surface area contributed by atoms with Crippen LogP contribution in [0.2, 0.25) is 5.02 Å². The molecule has 1 amide bonds. The maximum absolute atomic E-state index is 13.2. The Hall–Kier alpha value is -3.98. The van der Waals surface area contributed by atoms with E-state index in [1.807, 2.05) is 0 Å². The summed E-state index contributed by atoms with van der Waals surface area (Å²) in [6, 6.07) is 13.1. The minimum Gasteiger partial charge on any atom is -0.481 e. The van der Waals surface area contributed by atoms with Crippen molar-refractivity contribution in [2.24, 2.45) is 5.92 Å². The van der Waals surface area contributed by atoms with Gasteiger partial charge >= 0.3 is 11.9 Å². The van der Waals surface area contributed by atoms with Gasteiger partial charge in [0, 0.05) is 46.8 Å². The number of carbonyl (C=O) groups is 4. The smallest absolute Gasteiger partial charge is 0.306 e. The summed E-state index contributed by atoms with van der Waals surface area (Å²) in [7, 11) is 0. The molecule has 0 fully saturated rings. The van der Waals surface area contributed by atoms with Crippen LogP contribution in [0.15, 0.2) is 59.4 Å². The highest BCUT2D eigenvalue weighted by Crippen LogP contribution is 2.20. The predicted molar refractivity (Wildman–Crippen MR) is 129 cm³/mol. The lowest BCUT2D eigenvalue weighted by molar-refractivity contribution is -0.145. The number of amides is 1. The van der Waals surface area contributed by atoms with Crippen LogP contribution in [-0.4, -0.2) is 44.9 Å². The van der Waals surface area contributed by atoms with Gasteiger partial charge in [0.2, 0.25) is 5.56 Å². The molecule has 2 aromatic carbocycles. The van der Waals surface area contributed by atoms with Crippen molar-refractivity contribution in [1.82, 2.24) is 10.3 Å². The fraction of sp³-hybridized carbons (Fsp3) is 0.240. The van der Waals surface area contributed by atoms with E-state index in [4.69, 9.17) is 16.7 Å². The zero-order valence-corrected chi connectivity index (χ0v) is 19.2. The number of H-pyrrole nitrogens is 1. The van der Waals surface area contributed by atoms with E-state index in [-0.39, 0.29) is 18.4 Å². The topological polar surface area (TPSA) is 154 Å². The van der Waals surface area contributed by atoms with Crippen molar-refractivity contribution < 1.29 is 29.4 Å². The van der Waals surface area contributed by atoms with E-state index in [0.717, 1.165) is 0 Å². The molecule has 2 atom stereocenters. The maximum Gasteiger partial charge on any atom is 0.306 e. The number of nitrogens with one attached hydrogen (secondary N) is 2. The Bertz CT molecular complexity index is 1320. The number of fused-ring (bicyclic) bond motifs is 1. The van der Waals surface area contributed by atoms with Crippen LogP contribution in [0.25, 0.3) is 10.9 Å². The van der Waals surface area contributed by atoms with E-state index in [2.05, 4.69) is 10.3 Å². The first-order valence-electron chi connectivity index (χ1n) is 10.8. The van der Waals surface area contributed by atoms with Gasteiger partial charge in [-0.2, -0.15) is 0 Å². The molecular formula is C25H23ClN2O7. The molecule has 0 saturated carbocycles. The van der Waals surface area contributed by atoms with Crippen molar-refractivity contribution in [3.8, 4) is 0 Å². The monoisotopic (exact) mass is 498 g/mol. The number of hydrogen-bond donors (Lipinski definition) is 4. The molecule has 182 valence electrons. The van der Waals surface area contributed by atoms with Crippen molar-refractivity contribution in [3.63, 3.8) is 0 Å². The quantitative estimate of drug-likeness (QED) is 0.317. The highest BCUT2D eigenvalue weighted by molar-refractivity contribution is 6.30. The number of aliphatic carboxylic acids is 2. The summed E-state index contributed by atoms with van der Waals surface area (Å²) >= 11 is 5.87. The summed E-state index contributed by atoms with van der Waals surface area (Å²) in [6.07, 6.45) is -1.18. The number of aromatic amines is 1. The van der Waals surface area contributed by atoms with Crippen LogP contribution >= 0.6 is 11.6 Å². The summed E-state index contributed by atoms with van der Waals surface area (Å²) in [6.45, 7) is 0. The van der Waals surface area contributed by atoms with Gasteiger partial charge in [0.1, 0.15) is 0 Å². The molecule has 0 radical (unpaired) electrons. The lowest BCUT2D eigenvalue weighted by atomic mass is 9.91. The summed E-state index contributed by atoms with van der Waals surface area (Å²) in [4.78, 5) is 63.5. The predicted octanol–water partition coefficient (Wildman–Crippen LogP) is 3.05. The molecule has 0 aliphatic rings. The third-order valence-electron chi connectivity index (χ3n) is 5.56. The average molecular weight is 499 g/mol. The van der Waals surface area contributed by atoms with Crippen LogP contribution in [0.1, 0.15) is 35.2 Å². The lowest BCUT2D eigenvalue weighted by Crippen LogP contribution is -2.43. The molecule has 0 aliphatic carbocycles. The van der Waals surface area contributed by atoms with Gasteiger partial charge in [-0.3, -0.25) is 24.0 Å². The van der Waals surface area contributed by atoms with Crippen molar-refractivity contribution in [2.45, 2.75) is 31.7 Å². The molecule has 9 nitrogen and oxygen atoms in total. The fourth-order valence-corrected chi connectivity index (χ4v) is 3.88.